The molecule has 0 bridgehead atoms. The molecule has 1 aromatic carbocycles. The first-order chi connectivity index (χ1) is 11.0. The van der Waals surface area contributed by atoms with Crippen molar-refractivity contribution in [3.05, 3.63) is 29.6 Å². The van der Waals surface area contributed by atoms with Crippen LogP contribution >= 0.6 is 24.0 Å². The third-order valence-corrected chi connectivity index (χ3v) is 3.98. The van der Waals surface area contributed by atoms with E-state index < -0.39 is 0 Å². The fraction of sp³-hybridized carbons (Fsp3) is 0.556. The third-order valence-electron chi connectivity index (χ3n) is 3.98. The van der Waals surface area contributed by atoms with Gasteiger partial charge in [-0.05, 0) is 37.8 Å². The van der Waals surface area contributed by atoms with E-state index >= 15 is 0 Å². The SMILES string of the molecule is Cc1cccc2[nH]c(CN=C(N)NC(C)CCCC(C)C)nc12.I. The van der Waals surface area contributed by atoms with Crippen LogP contribution in [-0.4, -0.2) is 22.0 Å². The highest BCUT2D eigenvalue weighted by molar-refractivity contribution is 14.0. The van der Waals surface area contributed by atoms with Gasteiger partial charge in [0.1, 0.15) is 12.4 Å². The van der Waals surface area contributed by atoms with Crippen LogP contribution in [0.1, 0.15) is 51.4 Å². The number of H-pyrrole nitrogens is 1. The van der Waals surface area contributed by atoms with Crippen LogP contribution in [0.5, 0.6) is 0 Å². The van der Waals surface area contributed by atoms with Crippen LogP contribution in [0.2, 0.25) is 0 Å². The molecular formula is C18H30IN5. The topological polar surface area (TPSA) is 79.1 Å². The number of hydrogen-bond donors (Lipinski definition) is 3. The molecule has 134 valence electrons. The number of guanidine groups is 1. The van der Waals surface area contributed by atoms with Gasteiger partial charge < -0.3 is 16.0 Å². The van der Waals surface area contributed by atoms with Crippen molar-refractivity contribution in [1.29, 1.82) is 0 Å². The lowest BCUT2D eigenvalue weighted by Crippen LogP contribution is -2.38. The maximum atomic E-state index is 5.98. The number of aryl methyl sites for hydroxylation is 1. The molecule has 1 atom stereocenters. The smallest absolute Gasteiger partial charge is 0.189 e. The number of nitrogens with one attached hydrogen (secondary N) is 2. The average molecular weight is 443 g/mol. The molecule has 4 N–H and O–H groups in total. The fourth-order valence-electron chi connectivity index (χ4n) is 2.66. The first-order valence-electron chi connectivity index (χ1n) is 8.46. The Morgan fingerprint density at radius 2 is 2.04 bits per heavy atom. The number of rotatable bonds is 7. The molecule has 2 aromatic rings. The summed E-state index contributed by atoms with van der Waals surface area (Å²) in [5.74, 6) is 2.08. The van der Waals surface area contributed by atoms with E-state index in [0.717, 1.165) is 29.2 Å². The average Bonchev–Trinajstić information content (AvgIpc) is 2.89. The van der Waals surface area contributed by atoms with Crippen LogP contribution in [0.3, 0.4) is 0 Å². The van der Waals surface area contributed by atoms with Crippen molar-refractivity contribution in [3.63, 3.8) is 0 Å². The summed E-state index contributed by atoms with van der Waals surface area (Å²) in [4.78, 5) is 12.3. The number of halogens is 1. The summed E-state index contributed by atoms with van der Waals surface area (Å²) in [7, 11) is 0. The molecule has 0 aliphatic carbocycles. The molecule has 0 aliphatic rings. The molecule has 0 saturated heterocycles. The quantitative estimate of drug-likeness (QED) is 0.342. The molecule has 1 aromatic heterocycles. The molecule has 0 saturated carbocycles. The number of hydrogen-bond acceptors (Lipinski definition) is 2. The second-order valence-corrected chi connectivity index (χ2v) is 6.73. The molecule has 0 aliphatic heterocycles. The number of aromatic amines is 1. The molecule has 0 amide bonds. The van der Waals surface area contributed by atoms with E-state index in [1.165, 1.54) is 18.4 Å². The summed E-state index contributed by atoms with van der Waals surface area (Å²) >= 11 is 0. The Hall–Kier alpha value is -1.31. The first-order valence-corrected chi connectivity index (χ1v) is 8.46. The van der Waals surface area contributed by atoms with Gasteiger partial charge in [0.15, 0.2) is 5.96 Å². The lowest BCUT2D eigenvalue weighted by Gasteiger charge is -2.14. The normalized spacial score (nSPS) is 13.1. The molecule has 24 heavy (non-hydrogen) atoms. The van der Waals surface area contributed by atoms with E-state index in [1.807, 2.05) is 12.1 Å². The summed E-state index contributed by atoms with van der Waals surface area (Å²) in [5.41, 5.74) is 9.19. The van der Waals surface area contributed by atoms with Crippen molar-refractivity contribution in [2.24, 2.45) is 16.6 Å². The van der Waals surface area contributed by atoms with Gasteiger partial charge in [-0.25, -0.2) is 9.98 Å². The zero-order valence-corrected chi connectivity index (χ0v) is 17.4. The minimum Gasteiger partial charge on any atom is -0.370 e. The van der Waals surface area contributed by atoms with E-state index in [9.17, 15) is 0 Å². The lowest BCUT2D eigenvalue weighted by molar-refractivity contribution is 0.493. The Bertz CT molecular complexity index is 662. The molecule has 0 fully saturated rings. The van der Waals surface area contributed by atoms with Crippen molar-refractivity contribution in [2.75, 3.05) is 0 Å². The van der Waals surface area contributed by atoms with Gasteiger partial charge in [0.2, 0.25) is 0 Å². The molecule has 6 heteroatoms. The number of fused-ring (bicyclic) bond motifs is 1. The van der Waals surface area contributed by atoms with Crippen molar-refractivity contribution < 1.29 is 0 Å². The molecule has 1 heterocycles. The Labute approximate surface area is 161 Å². The second kappa shape index (κ2) is 9.86. The van der Waals surface area contributed by atoms with E-state index in [2.05, 4.69) is 54.0 Å². The van der Waals surface area contributed by atoms with E-state index in [1.54, 1.807) is 0 Å². The van der Waals surface area contributed by atoms with Gasteiger partial charge in [0.05, 0.1) is 11.0 Å². The van der Waals surface area contributed by atoms with Crippen LogP contribution in [-0.2, 0) is 6.54 Å². The van der Waals surface area contributed by atoms with Crippen LogP contribution in [0.4, 0.5) is 0 Å². The van der Waals surface area contributed by atoms with Gasteiger partial charge in [0.25, 0.3) is 0 Å². The van der Waals surface area contributed by atoms with Crippen LogP contribution in [0.25, 0.3) is 11.0 Å². The van der Waals surface area contributed by atoms with Gasteiger partial charge >= 0.3 is 0 Å². The second-order valence-electron chi connectivity index (χ2n) is 6.73. The number of benzene rings is 1. The van der Waals surface area contributed by atoms with Gasteiger partial charge in [-0.15, -0.1) is 24.0 Å². The van der Waals surface area contributed by atoms with Crippen molar-refractivity contribution >= 4 is 41.0 Å². The molecular weight excluding hydrogens is 413 g/mol. The minimum absolute atomic E-state index is 0. The van der Waals surface area contributed by atoms with Crippen LogP contribution in [0, 0.1) is 12.8 Å². The highest BCUT2D eigenvalue weighted by Gasteiger charge is 2.06. The number of aliphatic imine (C=N–C) groups is 1. The molecule has 2 rings (SSSR count). The Morgan fingerprint density at radius 1 is 1.29 bits per heavy atom. The largest absolute Gasteiger partial charge is 0.370 e. The van der Waals surface area contributed by atoms with Gasteiger partial charge in [-0.3, -0.25) is 0 Å². The van der Waals surface area contributed by atoms with Gasteiger partial charge in [-0.1, -0.05) is 38.8 Å². The summed E-state index contributed by atoms with van der Waals surface area (Å²) in [6.45, 7) is 9.18. The van der Waals surface area contributed by atoms with E-state index in [4.69, 9.17) is 5.73 Å². The molecule has 0 radical (unpaired) electrons. The zero-order valence-electron chi connectivity index (χ0n) is 15.1. The first kappa shape index (κ1) is 20.7. The Morgan fingerprint density at radius 3 is 2.71 bits per heavy atom. The Kier molecular flexibility index (Phi) is 8.52. The van der Waals surface area contributed by atoms with Crippen molar-refractivity contribution in [3.8, 4) is 0 Å². The summed E-state index contributed by atoms with van der Waals surface area (Å²) in [6, 6.07) is 6.46. The number of nitrogens with zero attached hydrogens (tertiary/aromatic N) is 2. The predicted molar refractivity (Wildman–Crippen MR) is 113 cm³/mol. The number of nitrogens with two attached hydrogens (primary N) is 1. The predicted octanol–water partition coefficient (Wildman–Crippen LogP) is 4.11. The van der Waals surface area contributed by atoms with Crippen molar-refractivity contribution in [1.82, 2.24) is 15.3 Å². The summed E-state index contributed by atoms with van der Waals surface area (Å²) in [5, 5.41) is 3.26. The van der Waals surface area contributed by atoms with Crippen LogP contribution < -0.4 is 11.1 Å². The fourth-order valence-corrected chi connectivity index (χ4v) is 2.66. The number of aromatic nitrogens is 2. The van der Waals surface area contributed by atoms with Gasteiger partial charge in [0, 0.05) is 6.04 Å². The van der Waals surface area contributed by atoms with Crippen LogP contribution in [0.15, 0.2) is 23.2 Å². The Balaban J connectivity index is 0.00000288. The summed E-state index contributed by atoms with van der Waals surface area (Å²) < 4.78 is 0. The molecule has 5 nitrogen and oxygen atoms in total. The standard InChI is InChI=1S/C18H29N5.HI/c1-12(2)7-5-9-14(4)21-18(19)20-11-16-22-15-10-6-8-13(3)17(15)23-16;/h6,8,10,12,14H,5,7,9,11H2,1-4H3,(H,22,23)(H3,19,20,21);1H. The number of para-hydroxylation sites is 1. The molecule has 1 unspecified atom stereocenters. The van der Waals surface area contributed by atoms with Gasteiger partial charge in [-0.2, -0.15) is 0 Å². The number of imidazole rings is 1. The minimum atomic E-state index is 0. The van der Waals surface area contributed by atoms with E-state index in [-0.39, 0.29) is 24.0 Å². The lowest BCUT2D eigenvalue weighted by atomic mass is 10.0. The third kappa shape index (κ3) is 6.30. The highest BCUT2D eigenvalue weighted by atomic mass is 127. The zero-order chi connectivity index (χ0) is 16.8. The molecule has 0 spiro atoms. The summed E-state index contributed by atoms with van der Waals surface area (Å²) in [6.07, 6.45) is 3.57. The maximum Gasteiger partial charge on any atom is 0.189 e. The monoisotopic (exact) mass is 443 g/mol. The van der Waals surface area contributed by atoms with Crippen molar-refractivity contribution in [2.45, 2.75) is 59.5 Å². The van der Waals surface area contributed by atoms with E-state index in [0.29, 0.717) is 18.5 Å². The maximum absolute atomic E-state index is 5.98. The highest BCUT2D eigenvalue weighted by Crippen LogP contribution is 2.15.